The van der Waals surface area contributed by atoms with Crippen LogP contribution in [-0.2, 0) is 5.41 Å². The van der Waals surface area contributed by atoms with Gasteiger partial charge in [0.25, 0.3) is 0 Å². The van der Waals surface area contributed by atoms with E-state index < -0.39 is 5.41 Å². The third-order valence-electron chi connectivity index (χ3n) is 12.1. The zero-order valence-corrected chi connectivity index (χ0v) is 31.3. The van der Waals surface area contributed by atoms with E-state index in [1.807, 2.05) is 12.3 Å². The maximum atomic E-state index is 7.19. The molecule has 6 aromatic carbocycles. The first-order chi connectivity index (χ1) is 28.2. The summed E-state index contributed by atoms with van der Waals surface area (Å²) in [5.74, 6) is 1.51. The van der Waals surface area contributed by atoms with Crippen molar-refractivity contribution in [3.05, 3.63) is 250 Å². The highest BCUT2D eigenvalue weighted by Gasteiger charge is 2.52. The van der Waals surface area contributed by atoms with Crippen molar-refractivity contribution in [3.63, 3.8) is 0 Å². The molecule has 4 unspecified atom stereocenters. The molecule has 0 saturated heterocycles. The number of nitrogens with zero attached hydrogens (tertiary/aromatic N) is 1. The summed E-state index contributed by atoms with van der Waals surface area (Å²) >= 11 is 0. The molecule has 0 saturated carbocycles. The van der Waals surface area contributed by atoms with Crippen molar-refractivity contribution in [2.45, 2.75) is 36.1 Å². The number of aliphatic imine (C=N–C) groups is 1. The van der Waals surface area contributed by atoms with Crippen molar-refractivity contribution >= 4 is 16.9 Å². The lowest BCUT2D eigenvalue weighted by atomic mass is 9.66. The molecule has 1 N–H and O–H groups in total. The number of ether oxygens (including phenoxy) is 2. The van der Waals surface area contributed by atoms with E-state index in [1.54, 1.807) is 0 Å². The van der Waals surface area contributed by atoms with Gasteiger partial charge in [0, 0.05) is 11.1 Å². The Kier molecular flexibility index (Phi) is 8.02. The minimum Gasteiger partial charge on any atom is -0.478 e. The first kappa shape index (κ1) is 33.4. The van der Waals surface area contributed by atoms with Gasteiger partial charge in [-0.1, -0.05) is 158 Å². The molecule has 57 heavy (non-hydrogen) atoms. The number of hydrogen-bond donors (Lipinski definition) is 1. The van der Waals surface area contributed by atoms with Gasteiger partial charge in [-0.3, -0.25) is 4.99 Å². The van der Waals surface area contributed by atoms with E-state index >= 15 is 0 Å². The number of allylic oxidation sites excluding steroid dienone is 5. The molecule has 4 atom stereocenters. The Balaban J connectivity index is 0.993. The first-order valence-corrected chi connectivity index (χ1v) is 19.9. The van der Waals surface area contributed by atoms with Gasteiger partial charge in [0.15, 0.2) is 23.7 Å². The Morgan fingerprint density at radius 3 is 2.12 bits per heavy atom. The van der Waals surface area contributed by atoms with E-state index in [9.17, 15) is 0 Å². The number of benzene rings is 6. The molecular weight excluding hydrogens is 697 g/mol. The van der Waals surface area contributed by atoms with E-state index in [0.29, 0.717) is 0 Å². The summed E-state index contributed by atoms with van der Waals surface area (Å²) in [7, 11) is 0. The highest BCUT2D eigenvalue weighted by atomic mass is 16.6. The molecule has 274 valence electrons. The van der Waals surface area contributed by atoms with Crippen molar-refractivity contribution < 1.29 is 9.47 Å². The predicted octanol–water partition coefficient (Wildman–Crippen LogP) is 11.3. The fourth-order valence-corrected chi connectivity index (χ4v) is 9.54. The molecule has 3 aliphatic heterocycles. The fraction of sp³-hybridized carbons (Fsp3) is 0.113. The molecular formula is C53H40N2O2. The van der Waals surface area contributed by atoms with Crippen LogP contribution in [0.1, 0.15) is 63.0 Å². The van der Waals surface area contributed by atoms with E-state index in [2.05, 4.69) is 193 Å². The lowest BCUT2D eigenvalue weighted by Gasteiger charge is -2.39. The van der Waals surface area contributed by atoms with Crippen LogP contribution in [0.15, 0.2) is 211 Å². The number of hydrogen-bond acceptors (Lipinski definition) is 4. The molecule has 3 heterocycles. The Hall–Kier alpha value is -6.91. The summed E-state index contributed by atoms with van der Waals surface area (Å²) in [4.78, 5) is 5.45. The van der Waals surface area contributed by atoms with Crippen LogP contribution in [0.2, 0.25) is 0 Å². The van der Waals surface area contributed by atoms with E-state index in [-0.39, 0.29) is 24.3 Å². The third-order valence-corrected chi connectivity index (χ3v) is 12.1. The SMILES string of the molecule is C1=CNC(c2cccc(C3=NC(c4ccc5c(c4)OC4C6=C(C=CC4O5)C(c4ccccc4)(c4ccccc4)c4ccccc46)CC(c4ccccc4)=C3)c2)C=C1. The number of rotatable bonds is 6. The van der Waals surface area contributed by atoms with Crippen molar-refractivity contribution in [1.29, 1.82) is 0 Å². The van der Waals surface area contributed by atoms with Crippen molar-refractivity contribution in [2.24, 2.45) is 4.99 Å². The quantitative estimate of drug-likeness (QED) is 0.185. The lowest BCUT2D eigenvalue weighted by Crippen LogP contribution is -2.41. The standard InChI is InChI=1S/C53H40N2O2/c1-4-15-35(16-5-1)39-32-46(37-18-14-17-36(31-37)45-25-12-13-30-54-45)55-47(33-39)38-26-28-48-50(34-38)57-52-49(56-48)29-27-44-51(52)42-23-10-11-24-43(42)53(44,40-19-6-2-7-20-40)41-21-8-3-9-22-41/h1-32,34,45,47,49,52,54H,33H2. The second-order valence-electron chi connectivity index (χ2n) is 15.3. The molecule has 5 aliphatic rings. The number of nitrogens with one attached hydrogen (secondary N) is 1. The minimum atomic E-state index is -0.494. The molecule has 4 nitrogen and oxygen atoms in total. The highest BCUT2D eigenvalue weighted by molar-refractivity contribution is 6.13. The maximum absolute atomic E-state index is 7.19. The molecule has 0 fully saturated rings. The third kappa shape index (κ3) is 5.55. The van der Waals surface area contributed by atoms with Crippen LogP contribution in [0, 0.1) is 0 Å². The van der Waals surface area contributed by atoms with Gasteiger partial charge in [0.05, 0.1) is 23.2 Å². The van der Waals surface area contributed by atoms with Crippen LogP contribution in [0.3, 0.4) is 0 Å². The highest BCUT2D eigenvalue weighted by Crippen LogP contribution is 2.58. The van der Waals surface area contributed by atoms with Gasteiger partial charge in [-0.05, 0) is 99.1 Å². The summed E-state index contributed by atoms with van der Waals surface area (Å²) in [5, 5.41) is 3.47. The largest absolute Gasteiger partial charge is 0.478 e. The average Bonchev–Trinajstić information content (AvgIpc) is 3.61. The molecule has 11 rings (SSSR count). The van der Waals surface area contributed by atoms with Gasteiger partial charge in [0.1, 0.15) is 0 Å². The van der Waals surface area contributed by atoms with Crippen LogP contribution >= 0.6 is 0 Å². The average molecular weight is 737 g/mol. The Labute approximate surface area is 333 Å². The topological polar surface area (TPSA) is 42.9 Å². The zero-order chi connectivity index (χ0) is 37.8. The molecule has 6 aromatic rings. The van der Waals surface area contributed by atoms with Gasteiger partial charge in [-0.25, -0.2) is 0 Å². The number of fused-ring (bicyclic) bond motifs is 5. The second-order valence-corrected chi connectivity index (χ2v) is 15.3. The Morgan fingerprint density at radius 1 is 0.614 bits per heavy atom. The maximum Gasteiger partial charge on any atom is 0.165 e. The second kappa shape index (κ2) is 13.7. The zero-order valence-electron chi connectivity index (χ0n) is 31.3. The van der Waals surface area contributed by atoms with Gasteiger partial charge >= 0.3 is 0 Å². The summed E-state index contributed by atoms with van der Waals surface area (Å²) in [6, 6.07) is 56.5. The fourth-order valence-electron chi connectivity index (χ4n) is 9.54. The summed E-state index contributed by atoms with van der Waals surface area (Å²) in [5.41, 5.74) is 13.7. The van der Waals surface area contributed by atoms with E-state index in [0.717, 1.165) is 34.8 Å². The summed E-state index contributed by atoms with van der Waals surface area (Å²) < 4.78 is 14.0. The summed E-state index contributed by atoms with van der Waals surface area (Å²) in [6.45, 7) is 0. The normalized spacial score (nSPS) is 22.1. The minimum absolute atomic E-state index is 0.108. The Bertz CT molecular complexity index is 2660. The van der Waals surface area contributed by atoms with Crippen LogP contribution in [-0.4, -0.2) is 17.9 Å². The molecule has 0 radical (unpaired) electrons. The monoisotopic (exact) mass is 736 g/mol. The number of dihydropyridines is 2. The van der Waals surface area contributed by atoms with Crippen LogP contribution < -0.4 is 14.8 Å². The summed E-state index contributed by atoms with van der Waals surface area (Å²) in [6.07, 6.45) is 15.2. The first-order valence-electron chi connectivity index (χ1n) is 19.9. The molecule has 0 bridgehead atoms. The molecule has 0 spiro atoms. The van der Waals surface area contributed by atoms with E-state index in [4.69, 9.17) is 14.5 Å². The van der Waals surface area contributed by atoms with Crippen molar-refractivity contribution in [1.82, 2.24) is 5.32 Å². The van der Waals surface area contributed by atoms with E-state index in [1.165, 1.54) is 50.1 Å². The van der Waals surface area contributed by atoms with Crippen molar-refractivity contribution in [3.8, 4) is 11.5 Å². The predicted molar refractivity (Wildman–Crippen MR) is 229 cm³/mol. The van der Waals surface area contributed by atoms with Crippen LogP contribution in [0.5, 0.6) is 11.5 Å². The van der Waals surface area contributed by atoms with Crippen molar-refractivity contribution in [2.75, 3.05) is 0 Å². The molecule has 0 aromatic heterocycles. The van der Waals surface area contributed by atoms with Gasteiger partial charge in [-0.15, -0.1) is 0 Å². The molecule has 0 amide bonds. The smallest absolute Gasteiger partial charge is 0.165 e. The van der Waals surface area contributed by atoms with Crippen LogP contribution in [0.4, 0.5) is 0 Å². The van der Waals surface area contributed by atoms with Gasteiger partial charge < -0.3 is 14.8 Å². The lowest BCUT2D eigenvalue weighted by molar-refractivity contribution is 0.0809. The van der Waals surface area contributed by atoms with Gasteiger partial charge in [-0.2, -0.15) is 0 Å². The molecule has 4 heteroatoms. The van der Waals surface area contributed by atoms with Crippen LogP contribution in [0.25, 0.3) is 11.1 Å². The Morgan fingerprint density at radius 2 is 1.35 bits per heavy atom. The molecule has 2 aliphatic carbocycles. The van der Waals surface area contributed by atoms with Gasteiger partial charge in [0.2, 0.25) is 0 Å².